The van der Waals surface area contributed by atoms with Gasteiger partial charge in [-0.3, -0.25) is 24.5 Å². The zero-order valence-corrected chi connectivity index (χ0v) is 17.6. The monoisotopic (exact) mass is 411 g/mol. The average Bonchev–Trinajstić information content (AvgIpc) is 2.94. The van der Waals surface area contributed by atoms with Gasteiger partial charge in [0.25, 0.3) is 5.69 Å². The lowest BCUT2D eigenvalue weighted by atomic mass is 9.61. The summed E-state index contributed by atoms with van der Waals surface area (Å²) in [7, 11) is 0. The minimum atomic E-state index is -1.76. The van der Waals surface area contributed by atoms with Crippen LogP contribution in [-0.2, 0) is 19.1 Å². The molecule has 0 radical (unpaired) electrons. The number of hydrogen-bond donors (Lipinski definition) is 0. The van der Waals surface area contributed by atoms with E-state index in [0.717, 1.165) is 0 Å². The highest BCUT2D eigenvalue weighted by molar-refractivity contribution is 6.17. The Morgan fingerprint density at radius 1 is 0.900 bits per heavy atom. The number of ether oxygens (including phenoxy) is 1. The van der Waals surface area contributed by atoms with E-state index >= 15 is 0 Å². The molecule has 1 aromatic rings. The van der Waals surface area contributed by atoms with Gasteiger partial charge in [0, 0.05) is 43.4 Å². The Morgan fingerprint density at radius 2 is 1.43 bits per heavy atom. The van der Waals surface area contributed by atoms with Gasteiger partial charge in [0.05, 0.1) is 10.8 Å². The smallest absolute Gasteiger partial charge is 0.269 e. The van der Waals surface area contributed by atoms with Crippen LogP contribution in [0.15, 0.2) is 35.6 Å². The van der Waals surface area contributed by atoms with Crippen molar-refractivity contribution in [1.82, 2.24) is 0 Å². The van der Waals surface area contributed by atoms with Crippen molar-refractivity contribution >= 4 is 23.0 Å². The molecule has 1 unspecified atom stereocenters. The largest absolute Gasteiger partial charge is 0.474 e. The summed E-state index contributed by atoms with van der Waals surface area (Å²) in [5.41, 5.74) is -1.77. The second kappa shape index (κ2) is 6.33. The van der Waals surface area contributed by atoms with Crippen molar-refractivity contribution in [3.63, 3.8) is 0 Å². The van der Waals surface area contributed by atoms with E-state index < -0.39 is 21.9 Å². The minimum Gasteiger partial charge on any atom is -0.474 e. The second-order valence-electron chi connectivity index (χ2n) is 10.3. The lowest BCUT2D eigenvalue weighted by Gasteiger charge is -2.41. The Morgan fingerprint density at radius 3 is 1.97 bits per heavy atom. The molecule has 1 saturated carbocycles. The van der Waals surface area contributed by atoms with Gasteiger partial charge in [0.2, 0.25) is 5.60 Å². The summed E-state index contributed by atoms with van der Waals surface area (Å²) >= 11 is 0. The number of non-ortho nitro benzene ring substituents is 1. The molecule has 1 aliphatic heterocycles. The van der Waals surface area contributed by atoms with Gasteiger partial charge in [0.1, 0.15) is 5.76 Å². The zero-order chi connectivity index (χ0) is 22.1. The molecule has 158 valence electrons. The van der Waals surface area contributed by atoms with Crippen LogP contribution in [0, 0.1) is 20.9 Å². The van der Waals surface area contributed by atoms with E-state index in [2.05, 4.69) is 0 Å². The van der Waals surface area contributed by atoms with Crippen molar-refractivity contribution in [3.05, 3.63) is 51.3 Å². The molecule has 0 bridgehead atoms. The quantitative estimate of drug-likeness (QED) is 0.413. The van der Waals surface area contributed by atoms with Crippen molar-refractivity contribution in [2.75, 3.05) is 0 Å². The van der Waals surface area contributed by atoms with Crippen LogP contribution in [0.4, 0.5) is 5.69 Å². The molecular formula is C23H25NO6. The predicted octanol–water partition coefficient (Wildman–Crippen LogP) is 4.05. The van der Waals surface area contributed by atoms with E-state index in [-0.39, 0.29) is 41.3 Å². The number of carbonyl (C=O) groups excluding carboxylic acids is 3. The predicted molar refractivity (Wildman–Crippen MR) is 108 cm³/mol. The van der Waals surface area contributed by atoms with E-state index in [1.807, 2.05) is 27.7 Å². The molecule has 2 aliphatic carbocycles. The highest BCUT2D eigenvalue weighted by Gasteiger charge is 2.65. The number of Topliss-reactive ketones (excluding diaryl/α,β-unsaturated/α-hetero) is 3. The van der Waals surface area contributed by atoms with Gasteiger partial charge < -0.3 is 4.74 Å². The second-order valence-corrected chi connectivity index (χ2v) is 10.3. The van der Waals surface area contributed by atoms with Crippen LogP contribution in [0.2, 0.25) is 0 Å². The Hall–Kier alpha value is -2.83. The number of hydrogen-bond acceptors (Lipinski definition) is 6. The summed E-state index contributed by atoms with van der Waals surface area (Å²) in [4.78, 5) is 50.5. The number of nitrogens with zero attached hydrogens (tertiary/aromatic N) is 1. The molecule has 30 heavy (non-hydrogen) atoms. The normalized spacial score (nSPS) is 26.5. The van der Waals surface area contributed by atoms with Crippen molar-refractivity contribution < 1.29 is 24.0 Å². The van der Waals surface area contributed by atoms with Crippen molar-refractivity contribution in [2.45, 2.75) is 64.9 Å². The summed E-state index contributed by atoms with van der Waals surface area (Å²) in [5.74, 6) is -1.24. The third kappa shape index (κ3) is 2.99. The lowest BCUT2D eigenvalue weighted by Crippen LogP contribution is -2.57. The maximum absolute atomic E-state index is 13.4. The summed E-state index contributed by atoms with van der Waals surface area (Å²) in [6.45, 7) is 7.65. The molecule has 4 rings (SSSR count). The van der Waals surface area contributed by atoms with Gasteiger partial charge in [-0.25, -0.2) is 0 Å². The molecule has 0 amide bonds. The molecule has 1 aromatic carbocycles. The van der Waals surface area contributed by atoms with Crippen LogP contribution in [-0.4, -0.2) is 27.9 Å². The molecule has 0 saturated heterocycles. The van der Waals surface area contributed by atoms with Gasteiger partial charge in [-0.15, -0.1) is 0 Å². The molecular weight excluding hydrogens is 386 g/mol. The molecule has 3 aliphatic rings. The van der Waals surface area contributed by atoms with Gasteiger partial charge in [-0.1, -0.05) is 39.8 Å². The maximum Gasteiger partial charge on any atom is 0.269 e. The first kappa shape index (κ1) is 20.4. The van der Waals surface area contributed by atoms with Gasteiger partial charge in [0.15, 0.2) is 17.3 Å². The topological polar surface area (TPSA) is 104 Å². The van der Waals surface area contributed by atoms with Crippen LogP contribution in [0.25, 0.3) is 0 Å². The molecule has 1 atom stereocenters. The van der Waals surface area contributed by atoms with Crippen molar-refractivity contribution in [3.8, 4) is 0 Å². The number of benzene rings is 1. The molecule has 1 heterocycles. The van der Waals surface area contributed by atoms with E-state index in [4.69, 9.17) is 4.74 Å². The van der Waals surface area contributed by atoms with Gasteiger partial charge in [-0.05, 0) is 16.4 Å². The Labute approximate surface area is 174 Å². The fourth-order valence-electron chi connectivity index (χ4n) is 5.12. The summed E-state index contributed by atoms with van der Waals surface area (Å²) in [6, 6.07) is 5.72. The van der Waals surface area contributed by atoms with Gasteiger partial charge in [-0.2, -0.15) is 0 Å². The number of ketones is 3. The number of carbonyl (C=O) groups is 3. The molecule has 0 N–H and O–H groups in total. The van der Waals surface area contributed by atoms with Crippen LogP contribution in [0.3, 0.4) is 0 Å². The molecule has 7 nitrogen and oxygen atoms in total. The third-order valence-corrected chi connectivity index (χ3v) is 6.40. The summed E-state index contributed by atoms with van der Waals surface area (Å²) in [5, 5.41) is 11.1. The summed E-state index contributed by atoms with van der Waals surface area (Å²) < 4.78 is 6.19. The summed E-state index contributed by atoms with van der Waals surface area (Å²) in [6.07, 6.45) is 1.09. The zero-order valence-electron chi connectivity index (χ0n) is 17.6. The van der Waals surface area contributed by atoms with Crippen molar-refractivity contribution in [2.24, 2.45) is 10.8 Å². The molecule has 0 aromatic heterocycles. The Kier molecular flexibility index (Phi) is 4.31. The SMILES string of the molecule is CC1(C)CC(=O)C2(OC3=C(C(=O)CC(C)(C)C3)C2c2ccc([N+](=O)[O-])cc2)C(=O)C1. The first-order valence-electron chi connectivity index (χ1n) is 10.1. The Balaban J connectivity index is 1.89. The van der Waals surface area contributed by atoms with Crippen LogP contribution in [0.1, 0.15) is 64.9 Å². The van der Waals surface area contributed by atoms with Crippen LogP contribution >= 0.6 is 0 Å². The molecule has 7 heteroatoms. The van der Waals surface area contributed by atoms with E-state index in [9.17, 15) is 24.5 Å². The van der Waals surface area contributed by atoms with Crippen LogP contribution in [0.5, 0.6) is 0 Å². The van der Waals surface area contributed by atoms with Crippen LogP contribution < -0.4 is 0 Å². The third-order valence-electron chi connectivity index (χ3n) is 6.40. The standard InChI is InChI=1S/C23H25NO6/c1-21(2)9-15(25)19-16(10-21)30-23(17(26)11-22(3,4)12-18(23)27)20(19)13-5-7-14(8-6-13)24(28)29/h5-8,20H,9-12H2,1-4H3. The van der Waals surface area contributed by atoms with Crippen molar-refractivity contribution in [1.29, 1.82) is 0 Å². The van der Waals surface area contributed by atoms with Gasteiger partial charge >= 0.3 is 0 Å². The minimum absolute atomic E-state index is 0.0977. The fourth-order valence-corrected chi connectivity index (χ4v) is 5.12. The van der Waals surface area contributed by atoms with E-state index in [1.165, 1.54) is 24.3 Å². The number of allylic oxidation sites excluding steroid dienone is 1. The fraction of sp³-hybridized carbons (Fsp3) is 0.522. The number of nitro benzene ring substituents is 1. The first-order chi connectivity index (χ1) is 13.9. The molecule has 1 spiro atoms. The number of nitro groups is 1. The average molecular weight is 411 g/mol. The van der Waals surface area contributed by atoms with E-state index in [0.29, 0.717) is 29.7 Å². The number of rotatable bonds is 2. The highest BCUT2D eigenvalue weighted by atomic mass is 16.6. The maximum atomic E-state index is 13.4. The lowest BCUT2D eigenvalue weighted by molar-refractivity contribution is -0.384. The first-order valence-corrected chi connectivity index (χ1v) is 10.1. The Bertz CT molecular complexity index is 995. The highest BCUT2D eigenvalue weighted by Crippen LogP contribution is 2.57. The van der Waals surface area contributed by atoms with E-state index in [1.54, 1.807) is 0 Å². The molecule has 1 fully saturated rings.